The second-order valence-electron chi connectivity index (χ2n) is 4.48. The van der Waals surface area contributed by atoms with Gasteiger partial charge in [-0.1, -0.05) is 0 Å². The quantitative estimate of drug-likeness (QED) is 0.731. The average molecular weight is 271 g/mol. The van der Waals surface area contributed by atoms with Gasteiger partial charge in [0.15, 0.2) is 11.5 Å². The fourth-order valence-electron chi connectivity index (χ4n) is 1.63. The topological polar surface area (TPSA) is 119 Å². The fraction of sp³-hybridized carbons (Fsp3) is 0.250. The van der Waals surface area contributed by atoms with Crippen LogP contribution in [0.4, 0.5) is 17.5 Å². The summed E-state index contributed by atoms with van der Waals surface area (Å²) in [5, 5.41) is 13.8. The molecule has 0 aromatic carbocycles. The number of primary amides is 1. The van der Waals surface area contributed by atoms with Crippen LogP contribution in [0.2, 0.25) is 0 Å². The highest BCUT2D eigenvalue weighted by atomic mass is 16.1. The molecule has 1 saturated carbocycles. The number of carbonyl (C=O) groups excluding carboxylic acids is 1. The maximum atomic E-state index is 11.3. The fourth-order valence-corrected chi connectivity index (χ4v) is 1.63. The SMILES string of the molecule is NC(=O)c1nnc(Nc2cccnc2)nc1NC1CC1. The Hall–Kier alpha value is -2.77. The van der Waals surface area contributed by atoms with Crippen molar-refractivity contribution in [2.75, 3.05) is 10.6 Å². The summed E-state index contributed by atoms with van der Waals surface area (Å²) >= 11 is 0. The van der Waals surface area contributed by atoms with E-state index in [0.717, 1.165) is 18.5 Å². The predicted molar refractivity (Wildman–Crippen MR) is 72.5 cm³/mol. The largest absolute Gasteiger partial charge is 0.365 e. The number of carbonyl (C=O) groups is 1. The van der Waals surface area contributed by atoms with E-state index in [4.69, 9.17) is 5.73 Å². The minimum absolute atomic E-state index is 0.0497. The Morgan fingerprint density at radius 3 is 2.85 bits per heavy atom. The normalized spacial score (nSPS) is 13.8. The Morgan fingerprint density at radius 2 is 2.20 bits per heavy atom. The Morgan fingerprint density at radius 1 is 1.35 bits per heavy atom. The predicted octanol–water partition coefficient (Wildman–Crippen LogP) is 0.683. The highest BCUT2D eigenvalue weighted by Gasteiger charge is 2.25. The number of nitrogens with two attached hydrogens (primary N) is 1. The van der Waals surface area contributed by atoms with Crippen LogP contribution in [-0.2, 0) is 0 Å². The molecule has 2 aromatic heterocycles. The molecule has 8 heteroatoms. The summed E-state index contributed by atoms with van der Waals surface area (Å²) in [6, 6.07) is 3.94. The summed E-state index contributed by atoms with van der Waals surface area (Å²) in [6.45, 7) is 0. The molecule has 20 heavy (non-hydrogen) atoms. The zero-order chi connectivity index (χ0) is 13.9. The van der Waals surface area contributed by atoms with E-state index in [1.165, 1.54) is 0 Å². The van der Waals surface area contributed by atoms with Crippen LogP contribution in [0.5, 0.6) is 0 Å². The first-order valence-corrected chi connectivity index (χ1v) is 6.20. The molecular formula is C12H13N7O. The molecule has 8 nitrogen and oxygen atoms in total. The van der Waals surface area contributed by atoms with Gasteiger partial charge < -0.3 is 16.4 Å². The van der Waals surface area contributed by atoms with E-state index in [-0.39, 0.29) is 11.6 Å². The smallest absolute Gasteiger partial charge is 0.273 e. The highest BCUT2D eigenvalue weighted by molar-refractivity contribution is 5.95. The van der Waals surface area contributed by atoms with Crippen LogP contribution in [0.15, 0.2) is 24.5 Å². The Balaban J connectivity index is 1.86. The van der Waals surface area contributed by atoms with Crippen molar-refractivity contribution in [1.82, 2.24) is 20.2 Å². The van der Waals surface area contributed by atoms with Crippen LogP contribution >= 0.6 is 0 Å². The monoisotopic (exact) mass is 271 g/mol. The van der Waals surface area contributed by atoms with E-state index in [9.17, 15) is 4.79 Å². The van der Waals surface area contributed by atoms with Crippen molar-refractivity contribution in [3.63, 3.8) is 0 Å². The van der Waals surface area contributed by atoms with E-state index in [0.29, 0.717) is 11.9 Å². The number of nitrogens with one attached hydrogen (secondary N) is 2. The van der Waals surface area contributed by atoms with Gasteiger partial charge in [-0.05, 0) is 25.0 Å². The summed E-state index contributed by atoms with van der Waals surface area (Å²) in [6.07, 6.45) is 5.40. The highest BCUT2D eigenvalue weighted by Crippen LogP contribution is 2.25. The summed E-state index contributed by atoms with van der Waals surface area (Å²) < 4.78 is 0. The lowest BCUT2D eigenvalue weighted by atomic mass is 10.4. The van der Waals surface area contributed by atoms with Crippen molar-refractivity contribution >= 4 is 23.4 Å². The lowest BCUT2D eigenvalue weighted by Crippen LogP contribution is -2.20. The van der Waals surface area contributed by atoms with Crippen molar-refractivity contribution in [3.8, 4) is 0 Å². The molecule has 0 saturated heterocycles. The number of nitrogens with zero attached hydrogens (tertiary/aromatic N) is 4. The zero-order valence-corrected chi connectivity index (χ0v) is 10.6. The molecule has 0 aliphatic heterocycles. The Kier molecular flexibility index (Phi) is 3.12. The number of aromatic nitrogens is 4. The first-order valence-electron chi connectivity index (χ1n) is 6.20. The van der Waals surface area contributed by atoms with E-state index in [2.05, 4.69) is 30.8 Å². The van der Waals surface area contributed by atoms with Crippen LogP contribution < -0.4 is 16.4 Å². The van der Waals surface area contributed by atoms with Gasteiger partial charge in [-0.2, -0.15) is 4.98 Å². The molecule has 0 atom stereocenters. The molecule has 1 aliphatic carbocycles. The number of pyridine rings is 1. The summed E-state index contributed by atoms with van der Waals surface area (Å²) in [7, 11) is 0. The molecule has 2 aromatic rings. The summed E-state index contributed by atoms with van der Waals surface area (Å²) in [5.74, 6) is -0.00591. The maximum absolute atomic E-state index is 11.3. The number of hydrogen-bond donors (Lipinski definition) is 3. The van der Waals surface area contributed by atoms with Gasteiger partial charge in [0, 0.05) is 12.2 Å². The average Bonchev–Trinajstić information content (AvgIpc) is 3.24. The lowest BCUT2D eigenvalue weighted by molar-refractivity contribution is 0.0995. The first-order chi connectivity index (χ1) is 9.72. The van der Waals surface area contributed by atoms with Gasteiger partial charge >= 0.3 is 0 Å². The van der Waals surface area contributed by atoms with E-state index < -0.39 is 5.91 Å². The second-order valence-corrected chi connectivity index (χ2v) is 4.48. The second kappa shape index (κ2) is 5.08. The van der Waals surface area contributed by atoms with Crippen molar-refractivity contribution in [2.24, 2.45) is 5.73 Å². The molecule has 0 bridgehead atoms. The molecule has 0 radical (unpaired) electrons. The van der Waals surface area contributed by atoms with Crippen LogP contribution in [0.3, 0.4) is 0 Å². The molecule has 0 unspecified atom stereocenters. The van der Waals surface area contributed by atoms with Gasteiger partial charge in [0.1, 0.15) is 0 Å². The molecule has 2 heterocycles. The summed E-state index contributed by atoms with van der Waals surface area (Å²) in [5.41, 5.74) is 6.05. The Bertz CT molecular complexity index is 627. The third kappa shape index (κ3) is 2.79. The van der Waals surface area contributed by atoms with E-state index in [1.807, 2.05) is 6.07 Å². The van der Waals surface area contributed by atoms with Crippen molar-refractivity contribution in [3.05, 3.63) is 30.2 Å². The summed E-state index contributed by atoms with van der Waals surface area (Å²) in [4.78, 5) is 19.5. The van der Waals surface area contributed by atoms with Gasteiger partial charge in [0.05, 0.1) is 11.9 Å². The molecule has 3 rings (SSSR count). The maximum Gasteiger partial charge on any atom is 0.273 e. The minimum atomic E-state index is -0.652. The Labute approximate surface area is 114 Å². The van der Waals surface area contributed by atoms with Crippen LogP contribution in [0, 0.1) is 0 Å². The van der Waals surface area contributed by atoms with Crippen molar-refractivity contribution in [2.45, 2.75) is 18.9 Å². The van der Waals surface area contributed by atoms with Gasteiger partial charge in [0.2, 0.25) is 5.95 Å². The molecule has 102 valence electrons. The number of hydrogen-bond acceptors (Lipinski definition) is 7. The zero-order valence-electron chi connectivity index (χ0n) is 10.6. The van der Waals surface area contributed by atoms with Crippen molar-refractivity contribution in [1.29, 1.82) is 0 Å². The number of rotatable bonds is 5. The molecular weight excluding hydrogens is 258 g/mol. The third-order valence-corrected chi connectivity index (χ3v) is 2.76. The van der Waals surface area contributed by atoms with E-state index >= 15 is 0 Å². The molecule has 1 fully saturated rings. The lowest BCUT2D eigenvalue weighted by Gasteiger charge is -2.09. The van der Waals surface area contributed by atoms with Crippen LogP contribution in [0.1, 0.15) is 23.3 Å². The molecule has 1 amide bonds. The number of anilines is 3. The minimum Gasteiger partial charge on any atom is -0.365 e. The first kappa shape index (κ1) is 12.3. The van der Waals surface area contributed by atoms with Gasteiger partial charge in [-0.3, -0.25) is 9.78 Å². The van der Waals surface area contributed by atoms with E-state index in [1.54, 1.807) is 18.5 Å². The van der Waals surface area contributed by atoms with Gasteiger partial charge in [-0.15, -0.1) is 10.2 Å². The molecule has 0 spiro atoms. The van der Waals surface area contributed by atoms with Gasteiger partial charge in [-0.25, -0.2) is 0 Å². The van der Waals surface area contributed by atoms with Gasteiger partial charge in [0.25, 0.3) is 5.91 Å². The molecule has 4 N–H and O–H groups in total. The molecule has 1 aliphatic rings. The van der Waals surface area contributed by atoms with Crippen molar-refractivity contribution < 1.29 is 4.79 Å². The van der Waals surface area contributed by atoms with Crippen LogP contribution in [0.25, 0.3) is 0 Å². The number of amides is 1. The standard InChI is InChI=1S/C12H13N7O/c13-10(20)9-11(15-7-3-4-7)17-12(19-18-9)16-8-2-1-5-14-6-8/h1-2,5-7H,3-4H2,(H2,13,20)(H2,15,16,17,19). The third-order valence-electron chi connectivity index (χ3n) is 2.76. The van der Waals surface area contributed by atoms with Crippen LogP contribution in [-0.4, -0.2) is 32.1 Å².